The van der Waals surface area contributed by atoms with E-state index in [1.54, 1.807) is 0 Å². The van der Waals surface area contributed by atoms with Crippen molar-refractivity contribution >= 4 is 16.6 Å². The third-order valence-electron chi connectivity index (χ3n) is 6.13. The highest BCUT2D eigenvalue weighted by atomic mass is 28.4. The first-order chi connectivity index (χ1) is 10.6. The Morgan fingerprint density at radius 3 is 1.83 bits per heavy atom. The summed E-state index contributed by atoms with van der Waals surface area (Å²) in [7, 11) is -3.64. The standard InChI is InChI=1S/C19H40O3Si2/c1-18(2,3)23(7,8)21-16-11-15(14-20)12-17(13-16)22-24(9,10)19(4,5)6/h11,16-17,20H,12-14H2,1-10H3/t16-,17-/m0/s1. The quantitative estimate of drug-likeness (QED) is 0.513. The van der Waals surface area contributed by atoms with Crippen molar-refractivity contribution in [2.45, 2.75) is 103 Å². The van der Waals surface area contributed by atoms with E-state index >= 15 is 0 Å². The Morgan fingerprint density at radius 2 is 1.42 bits per heavy atom. The first-order valence-electron chi connectivity index (χ1n) is 9.25. The van der Waals surface area contributed by atoms with Crippen LogP contribution < -0.4 is 0 Å². The molecular weight excluding hydrogens is 332 g/mol. The van der Waals surface area contributed by atoms with Crippen molar-refractivity contribution in [3.05, 3.63) is 11.6 Å². The van der Waals surface area contributed by atoms with Gasteiger partial charge in [-0.2, -0.15) is 0 Å². The fourth-order valence-electron chi connectivity index (χ4n) is 2.47. The molecule has 5 heteroatoms. The number of rotatable bonds is 5. The van der Waals surface area contributed by atoms with Crippen molar-refractivity contribution in [2.24, 2.45) is 0 Å². The third-order valence-corrected chi connectivity index (χ3v) is 15.2. The Labute approximate surface area is 152 Å². The van der Waals surface area contributed by atoms with Crippen LogP contribution in [0, 0.1) is 0 Å². The molecule has 24 heavy (non-hydrogen) atoms. The zero-order valence-electron chi connectivity index (χ0n) is 17.6. The molecule has 1 rings (SSSR count). The molecule has 0 bridgehead atoms. The molecule has 0 spiro atoms. The first kappa shape index (κ1) is 22.1. The van der Waals surface area contributed by atoms with E-state index in [1.165, 1.54) is 0 Å². The highest BCUT2D eigenvalue weighted by molar-refractivity contribution is 6.74. The molecule has 0 saturated carbocycles. The molecule has 0 aromatic carbocycles. The topological polar surface area (TPSA) is 38.7 Å². The van der Waals surface area contributed by atoms with Crippen molar-refractivity contribution in [1.29, 1.82) is 0 Å². The van der Waals surface area contributed by atoms with Crippen LogP contribution in [0.25, 0.3) is 0 Å². The average molecular weight is 373 g/mol. The number of aliphatic hydroxyl groups excluding tert-OH is 1. The van der Waals surface area contributed by atoms with E-state index in [2.05, 4.69) is 73.8 Å². The monoisotopic (exact) mass is 372 g/mol. The predicted octanol–water partition coefficient (Wildman–Crippen LogP) is 5.48. The van der Waals surface area contributed by atoms with Crippen molar-refractivity contribution in [3.63, 3.8) is 0 Å². The number of hydrogen-bond acceptors (Lipinski definition) is 3. The normalized spacial score (nSPS) is 24.0. The molecule has 0 radical (unpaired) electrons. The highest BCUT2D eigenvalue weighted by Gasteiger charge is 2.42. The van der Waals surface area contributed by atoms with Gasteiger partial charge in [0.25, 0.3) is 0 Å². The second-order valence-electron chi connectivity index (χ2n) is 10.3. The molecule has 0 aromatic rings. The van der Waals surface area contributed by atoms with Gasteiger partial charge in [0.2, 0.25) is 0 Å². The van der Waals surface area contributed by atoms with Crippen LogP contribution in [-0.2, 0) is 8.85 Å². The van der Waals surface area contributed by atoms with Gasteiger partial charge < -0.3 is 14.0 Å². The summed E-state index contributed by atoms with van der Waals surface area (Å²) < 4.78 is 13.2. The van der Waals surface area contributed by atoms with Crippen LogP contribution >= 0.6 is 0 Å². The molecule has 0 amide bonds. The Kier molecular flexibility index (Phi) is 6.77. The molecular formula is C19H40O3Si2. The van der Waals surface area contributed by atoms with Crippen molar-refractivity contribution in [2.75, 3.05) is 6.61 Å². The van der Waals surface area contributed by atoms with Crippen molar-refractivity contribution in [3.8, 4) is 0 Å². The van der Waals surface area contributed by atoms with E-state index in [1.807, 2.05) is 0 Å². The summed E-state index contributed by atoms with van der Waals surface area (Å²) in [6, 6.07) is 0. The molecule has 1 aliphatic carbocycles. The summed E-state index contributed by atoms with van der Waals surface area (Å²) in [4.78, 5) is 0. The van der Waals surface area contributed by atoms with Gasteiger partial charge in [-0.05, 0) is 48.3 Å². The summed E-state index contributed by atoms with van der Waals surface area (Å²) in [6.07, 6.45) is 4.11. The van der Waals surface area contributed by atoms with Crippen LogP contribution in [0.3, 0.4) is 0 Å². The molecule has 0 saturated heterocycles. The summed E-state index contributed by atoms with van der Waals surface area (Å²) >= 11 is 0. The lowest BCUT2D eigenvalue weighted by molar-refractivity contribution is 0.100. The second kappa shape index (κ2) is 7.35. The maximum absolute atomic E-state index is 9.69. The van der Waals surface area contributed by atoms with Crippen molar-refractivity contribution in [1.82, 2.24) is 0 Å². The van der Waals surface area contributed by atoms with Gasteiger partial charge >= 0.3 is 0 Å². The Hall–Kier alpha value is 0.0538. The highest BCUT2D eigenvalue weighted by Crippen LogP contribution is 2.41. The van der Waals surface area contributed by atoms with Crippen LogP contribution in [0.5, 0.6) is 0 Å². The molecule has 2 atom stereocenters. The molecule has 1 aliphatic rings. The minimum atomic E-state index is -1.83. The van der Waals surface area contributed by atoms with Crippen molar-refractivity contribution < 1.29 is 14.0 Å². The largest absolute Gasteiger partial charge is 0.414 e. The van der Waals surface area contributed by atoms with Crippen LogP contribution in [0.15, 0.2) is 11.6 Å². The Bertz CT molecular complexity index is 456. The molecule has 3 nitrogen and oxygen atoms in total. The lowest BCUT2D eigenvalue weighted by atomic mass is 9.95. The summed E-state index contributed by atoms with van der Waals surface area (Å²) in [5, 5.41) is 10.1. The molecule has 0 unspecified atom stereocenters. The predicted molar refractivity (Wildman–Crippen MR) is 109 cm³/mol. The van der Waals surface area contributed by atoms with Gasteiger partial charge in [0.15, 0.2) is 16.6 Å². The van der Waals surface area contributed by atoms with E-state index in [4.69, 9.17) is 8.85 Å². The molecule has 0 fully saturated rings. The van der Waals surface area contributed by atoms with Gasteiger partial charge in [0.1, 0.15) is 0 Å². The van der Waals surface area contributed by atoms with Gasteiger partial charge in [-0.15, -0.1) is 0 Å². The minimum Gasteiger partial charge on any atom is -0.414 e. The molecule has 1 N–H and O–H groups in total. The lowest BCUT2D eigenvalue weighted by Crippen LogP contribution is -2.48. The van der Waals surface area contributed by atoms with Gasteiger partial charge in [-0.25, -0.2) is 0 Å². The van der Waals surface area contributed by atoms with Gasteiger partial charge in [0.05, 0.1) is 18.8 Å². The molecule has 0 aromatic heterocycles. The number of aliphatic hydroxyl groups is 1. The summed E-state index contributed by atoms with van der Waals surface area (Å²) in [5.74, 6) is 0. The average Bonchev–Trinajstić information content (AvgIpc) is 2.34. The maximum Gasteiger partial charge on any atom is 0.192 e. The van der Waals surface area contributed by atoms with E-state index in [0.29, 0.717) is 0 Å². The fraction of sp³-hybridized carbons (Fsp3) is 0.895. The van der Waals surface area contributed by atoms with E-state index in [0.717, 1.165) is 18.4 Å². The van der Waals surface area contributed by atoms with E-state index in [9.17, 15) is 5.11 Å². The van der Waals surface area contributed by atoms with Crippen LogP contribution in [-0.4, -0.2) is 40.6 Å². The van der Waals surface area contributed by atoms with E-state index < -0.39 is 16.6 Å². The zero-order valence-corrected chi connectivity index (χ0v) is 19.6. The van der Waals surface area contributed by atoms with Gasteiger partial charge in [0, 0.05) is 6.42 Å². The lowest BCUT2D eigenvalue weighted by Gasteiger charge is -2.43. The Balaban J connectivity index is 2.91. The second-order valence-corrected chi connectivity index (χ2v) is 19.9. The SMILES string of the molecule is CC(C)(C)[Si](C)(C)O[C@H]1CC(CO)=C[C@H](O[Si](C)(C)C(C)(C)C)C1. The van der Waals surface area contributed by atoms with Crippen LogP contribution in [0.2, 0.25) is 36.3 Å². The van der Waals surface area contributed by atoms with E-state index in [-0.39, 0.29) is 28.9 Å². The fourth-order valence-corrected chi connectivity index (χ4v) is 5.11. The molecule has 0 heterocycles. The zero-order chi connectivity index (χ0) is 19.0. The smallest absolute Gasteiger partial charge is 0.192 e. The summed E-state index contributed by atoms with van der Waals surface area (Å²) in [5.41, 5.74) is 1.06. The maximum atomic E-state index is 9.69. The number of hydrogen-bond donors (Lipinski definition) is 1. The minimum absolute atomic E-state index is 0.0663. The first-order valence-corrected chi connectivity index (χ1v) is 15.1. The molecule has 142 valence electrons. The van der Waals surface area contributed by atoms with Crippen LogP contribution in [0.4, 0.5) is 0 Å². The molecule has 0 aliphatic heterocycles. The Morgan fingerprint density at radius 1 is 0.958 bits per heavy atom. The third kappa shape index (κ3) is 5.53. The van der Waals surface area contributed by atoms with Crippen LogP contribution in [0.1, 0.15) is 54.4 Å². The van der Waals surface area contributed by atoms with Gasteiger partial charge in [-0.3, -0.25) is 0 Å². The summed E-state index contributed by atoms with van der Waals surface area (Å²) in [6.45, 7) is 22.9. The van der Waals surface area contributed by atoms with Gasteiger partial charge in [-0.1, -0.05) is 47.6 Å².